The zero-order valence-electron chi connectivity index (χ0n) is 13.8. The van der Waals surface area contributed by atoms with Gasteiger partial charge in [-0.05, 0) is 17.9 Å². The van der Waals surface area contributed by atoms with E-state index in [0.29, 0.717) is 5.92 Å². The molecular formula is C17H27Cl2N3O2. The van der Waals surface area contributed by atoms with Crippen molar-refractivity contribution in [3.05, 3.63) is 35.9 Å². The lowest BCUT2D eigenvalue weighted by Crippen LogP contribution is -2.41. The van der Waals surface area contributed by atoms with Crippen molar-refractivity contribution in [2.75, 3.05) is 45.9 Å². The summed E-state index contributed by atoms with van der Waals surface area (Å²) in [5.74, 6) is 0.612. The first-order valence-electron chi connectivity index (χ1n) is 8.13. The highest BCUT2D eigenvalue weighted by atomic mass is 35.5. The van der Waals surface area contributed by atoms with Crippen LogP contribution < -0.4 is 5.73 Å². The molecule has 2 aliphatic rings. The van der Waals surface area contributed by atoms with Crippen LogP contribution in [-0.4, -0.2) is 61.6 Å². The molecular weight excluding hydrogens is 349 g/mol. The molecule has 0 spiro atoms. The van der Waals surface area contributed by atoms with Crippen LogP contribution in [0.3, 0.4) is 0 Å². The summed E-state index contributed by atoms with van der Waals surface area (Å²) >= 11 is 0. The van der Waals surface area contributed by atoms with E-state index in [1.54, 1.807) is 0 Å². The van der Waals surface area contributed by atoms with Gasteiger partial charge in [0.05, 0.1) is 13.2 Å². The number of likely N-dealkylation sites (tertiary alicyclic amines) is 1. The molecule has 0 aromatic heterocycles. The molecule has 2 saturated heterocycles. The first-order chi connectivity index (χ1) is 10.7. The topological polar surface area (TPSA) is 58.8 Å². The van der Waals surface area contributed by atoms with Gasteiger partial charge in [-0.3, -0.25) is 9.69 Å². The monoisotopic (exact) mass is 375 g/mol. The molecule has 0 bridgehead atoms. The van der Waals surface area contributed by atoms with Gasteiger partial charge in [-0.1, -0.05) is 30.3 Å². The zero-order valence-corrected chi connectivity index (χ0v) is 15.4. The fraction of sp³-hybridized carbons (Fsp3) is 0.588. The van der Waals surface area contributed by atoms with E-state index >= 15 is 0 Å². The van der Waals surface area contributed by atoms with Crippen molar-refractivity contribution < 1.29 is 9.53 Å². The highest BCUT2D eigenvalue weighted by Crippen LogP contribution is 2.22. The summed E-state index contributed by atoms with van der Waals surface area (Å²) in [4.78, 5) is 16.9. The Labute approximate surface area is 156 Å². The molecule has 136 valence electrons. The molecule has 2 heterocycles. The van der Waals surface area contributed by atoms with Crippen molar-refractivity contribution in [2.24, 2.45) is 11.7 Å². The smallest absolute Gasteiger partial charge is 0.244 e. The summed E-state index contributed by atoms with van der Waals surface area (Å²) < 4.78 is 5.38. The third-order valence-electron chi connectivity index (χ3n) is 4.64. The summed E-state index contributed by atoms with van der Waals surface area (Å²) in [6, 6.07) is 9.09. The average Bonchev–Trinajstić information content (AvgIpc) is 3.04. The van der Waals surface area contributed by atoms with E-state index in [1.165, 1.54) is 0 Å². The Kier molecular flexibility index (Phi) is 9.02. The zero-order chi connectivity index (χ0) is 15.4. The first kappa shape index (κ1) is 21.2. The SMILES string of the molecule is Cl.Cl.NC(C(=O)N1CCC(CN2CCOCC2)C1)c1ccccc1. The van der Waals surface area contributed by atoms with Crippen LogP contribution >= 0.6 is 24.8 Å². The summed E-state index contributed by atoms with van der Waals surface area (Å²) in [6.45, 7) is 6.39. The maximum atomic E-state index is 12.6. The second-order valence-electron chi connectivity index (χ2n) is 6.24. The summed E-state index contributed by atoms with van der Waals surface area (Å²) in [6.07, 6.45) is 1.07. The molecule has 2 aliphatic heterocycles. The second kappa shape index (κ2) is 10.2. The van der Waals surface area contributed by atoms with Crippen molar-refractivity contribution >= 4 is 30.7 Å². The number of carbonyl (C=O) groups is 1. The lowest BCUT2D eigenvalue weighted by molar-refractivity contribution is -0.131. The number of halogens is 2. The molecule has 7 heteroatoms. The predicted molar refractivity (Wildman–Crippen MR) is 99.8 cm³/mol. The van der Waals surface area contributed by atoms with E-state index in [2.05, 4.69) is 4.90 Å². The third-order valence-corrected chi connectivity index (χ3v) is 4.64. The molecule has 0 radical (unpaired) electrons. The van der Waals surface area contributed by atoms with E-state index in [4.69, 9.17) is 10.5 Å². The number of nitrogens with zero attached hydrogens (tertiary/aromatic N) is 2. The Morgan fingerprint density at radius 1 is 1.17 bits per heavy atom. The van der Waals surface area contributed by atoms with Crippen molar-refractivity contribution in [1.82, 2.24) is 9.80 Å². The largest absolute Gasteiger partial charge is 0.379 e. The van der Waals surface area contributed by atoms with Gasteiger partial charge in [0.1, 0.15) is 6.04 Å². The normalized spacial score (nSPS) is 22.4. The van der Waals surface area contributed by atoms with Crippen LogP contribution in [-0.2, 0) is 9.53 Å². The first-order valence-corrected chi connectivity index (χ1v) is 8.13. The Hall–Kier alpha value is -0.850. The number of carbonyl (C=O) groups excluding carboxylic acids is 1. The molecule has 2 atom stereocenters. The Morgan fingerprint density at radius 3 is 2.50 bits per heavy atom. The number of hydrogen-bond acceptors (Lipinski definition) is 4. The standard InChI is InChI=1S/C17H25N3O2.2ClH/c18-16(15-4-2-1-3-5-15)17(21)20-7-6-14(13-20)12-19-8-10-22-11-9-19;;/h1-5,14,16H,6-13,18H2;2*1H. The van der Waals surface area contributed by atoms with Gasteiger partial charge in [0.15, 0.2) is 0 Å². The van der Waals surface area contributed by atoms with Crippen LogP contribution in [0.15, 0.2) is 30.3 Å². The van der Waals surface area contributed by atoms with Gasteiger partial charge in [0.2, 0.25) is 5.91 Å². The van der Waals surface area contributed by atoms with E-state index in [9.17, 15) is 4.79 Å². The van der Waals surface area contributed by atoms with Crippen molar-refractivity contribution in [2.45, 2.75) is 12.5 Å². The summed E-state index contributed by atoms with van der Waals surface area (Å²) in [7, 11) is 0. The molecule has 2 fully saturated rings. The third kappa shape index (κ3) is 5.33. The van der Waals surface area contributed by atoms with Crippen molar-refractivity contribution in [1.29, 1.82) is 0 Å². The van der Waals surface area contributed by atoms with E-state index in [0.717, 1.165) is 57.9 Å². The van der Waals surface area contributed by atoms with Crippen molar-refractivity contribution in [3.8, 4) is 0 Å². The minimum absolute atomic E-state index is 0. The minimum atomic E-state index is -0.539. The van der Waals surface area contributed by atoms with Gasteiger partial charge >= 0.3 is 0 Å². The van der Waals surface area contributed by atoms with Crippen LogP contribution in [0.2, 0.25) is 0 Å². The number of benzene rings is 1. The number of rotatable bonds is 4. The molecule has 0 aliphatic carbocycles. The Bertz CT molecular complexity index is 498. The lowest BCUT2D eigenvalue weighted by Gasteiger charge is -2.29. The molecule has 1 aromatic rings. The fourth-order valence-corrected chi connectivity index (χ4v) is 3.33. The number of amides is 1. The number of ether oxygens (including phenoxy) is 1. The van der Waals surface area contributed by atoms with E-state index in [1.807, 2.05) is 35.2 Å². The van der Waals surface area contributed by atoms with Crippen molar-refractivity contribution in [3.63, 3.8) is 0 Å². The maximum Gasteiger partial charge on any atom is 0.244 e. The molecule has 3 rings (SSSR count). The van der Waals surface area contributed by atoms with Crippen LogP contribution in [0.1, 0.15) is 18.0 Å². The van der Waals surface area contributed by atoms with Gasteiger partial charge in [0.25, 0.3) is 0 Å². The van der Waals surface area contributed by atoms with Crippen LogP contribution in [0.4, 0.5) is 0 Å². The maximum absolute atomic E-state index is 12.6. The average molecular weight is 376 g/mol. The molecule has 24 heavy (non-hydrogen) atoms. The van der Waals surface area contributed by atoms with Gasteiger partial charge in [0, 0.05) is 32.7 Å². The van der Waals surface area contributed by atoms with Crippen LogP contribution in [0.5, 0.6) is 0 Å². The quantitative estimate of drug-likeness (QED) is 0.869. The summed E-state index contributed by atoms with van der Waals surface area (Å²) in [5, 5.41) is 0. The minimum Gasteiger partial charge on any atom is -0.379 e. The van der Waals surface area contributed by atoms with Gasteiger partial charge in [-0.15, -0.1) is 24.8 Å². The second-order valence-corrected chi connectivity index (χ2v) is 6.24. The molecule has 1 amide bonds. The highest BCUT2D eigenvalue weighted by Gasteiger charge is 2.31. The predicted octanol–water partition coefficient (Wildman–Crippen LogP) is 1.71. The van der Waals surface area contributed by atoms with Gasteiger partial charge in [-0.25, -0.2) is 0 Å². The fourth-order valence-electron chi connectivity index (χ4n) is 3.33. The van der Waals surface area contributed by atoms with Gasteiger partial charge < -0.3 is 15.4 Å². The number of hydrogen-bond donors (Lipinski definition) is 1. The van der Waals surface area contributed by atoms with E-state index < -0.39 is 6.04 Å². The molecule has 5 nitrogen and oxygen atoms in total. The molecule has 1 aromatic carbocycles. The lowest BCUT2D eigenvalue weighted by atomic mass is 10.1. The number of nitrogens with two attached hydrogens (primary N) is 1. The van der Waals surface area contributed by atoms with Crippen LogP contribution in [0.25, 0.3) is 0 Å². The Balaban J connectivity index is 0.00000144. The highest BCUT2D eigenvalue weighted by molar-refractivity contribution is 5.85. The summed E-state index contributed by atoms with van der Waals surface area (Å²) in [5.41, 5.74) is 7.02. The number of morpholine rings is 1. The molecule has 2 N–H and O–H groups in total. The Morgan fingerprint density at radius 2 is 1.83 bits per heavy atom. The van der Waals surface area contributed by atoms with Crippen LogP contribution in [0, 0.1) is 5.92 Å². The van der Waals surface area contributed by atoms with E-state index in [-0.39, 0.29) is 30.7 Å². The van der Waals surface area contributed by atoms with Gasteiger partial charge in [-0.2, -0.15) is 0 Å². The molecule has 2 unspecified atom stereocenters. The molecule has 0 saturated carbocycles.